The largest absolute Gasteiger partial charge is 0.315 e. The first kappa shape index (κ1) is 30.8. The topological polar surface area (TPSA) is 157 Å². The number of imidazole rings is 2. The summed E-state index contributed by atoms with van der Waals surface area (Å²) in [4.78, 5) is 8.83. The van der Waals surface area contributed by atoms with Crippen LogP contribution in [0.15, 0.2) is 12.1 Å². The first-order chi connectivity index (χ1) is 21.1. The molecule has 0 N–H and O–H groups in total. The van der Waals surface area contributed by atoms with Crippen molar-refractivity contribution in [2.75, 3.05) is 0 Å². The Labute approximate surface area is 255 Å². The van der Waals surface area contributed by atoms with Crippen LogP contribution in [0, 0.1) is 45.3 Å². The molecular formula is C32H32N10S. The lowest BCUT2D eigenvalue weighted by atomic mass is 10.1. The van der Waals surface area contributed by atoms with Gasteiger partial charge in [0.05, 0.1) is 11.7 Å². The van der Waals surface area contributed by atoms with Crippen LogP contribution in [0.4, 0.5) is 0 Å². The van der Waals surface area contributed by atoms with Crippen molar-refractivity contribution in [3.8, 4) is 24.3 Å². The average molecular weight is 589 g/mol. The van der Waals surface area contributed by atoms with Gasteiger partial charge in [0.15, 0.2) is 22.8 Å². The SMILES string of the molecule is CCCCCCn1c(/C=C/c2ccc(/C=C/c3nc(C#N)c(C#N)n3CCCCCC)c3nsnc23)nc(C#N)c1C#N. The number of rotatable bonds is 14. The lowest BCUT2D eigenvalue weighted by molar-refractivity contribution is 0.576. The number of aromatic nitrogens is 6. The fourth-order valence-electron chi connectivity index (χ4n) is 4.93. The molecule has 0 atom stereocenters. The first-order valence-electron chi connectivity index (χ1n) is 14.5. The molecule has 0 aliphatic carbocycles. The predicted octanol–water partition coefficient (Wildman–Crippen LogP) is 7.07. The summed E-state index contributed by atoms with van der Waals surface area (Å²) in [6.07, 6.45) is 15.7. The molecule has 0 bridgehead atoms. The van der Waals surface area contributed by atoms with Crippen molar-refractivity contribution in [3.63, 3.8) is 0 Å². The van der Waals surface area contributed by atoms with Gasteiger partial charge in [-0.15, -0.1) is 0 Å². The van der Waals surface area contributed by atoms with Crippen LogP contribution in [-0.2, 0) is 13.1 Å². The molecule has 11 heteroatoms. The zero-order valence-corrected chi connectivity index (χ0v) is 25.2. The molecule has 0 saturated carbocycles. The molecule has 0 saturated heterocycles. The Hall–Kier alpha value is -5.10. The van der Waals surface area contributed by atoms with Crippen LogP contribution in [0.1, 0.15) is 111 Å². The Morgan fingerprint density at radius 2 is 1.07 bits per heavy atom. The standard InChI is InChI=1S/C32H32N10S/c1-3-5-7-9-17-41-27(21-35)25(19-33)37-29(41)15-13-23-11-12-24(32-31(23)39-43-40-32)14-16-30-38-26(20-34)28(22-36)42(30)18-10-8-6-4-2/h11-16H,3-10,17-18H2,1-2H3/b15-13+,16-14+. The Balaban J connectivity index is 1.64. The van der Waals surface area contributed by atoms with Crippen LogP contribution in [-0.4, -0.2) is 27.8 Å². The van der Waals surface area contributed by atoms with Gasteiger partial charge >= 0.3 is 0 Å². The highest BCUT2D eigenvalue weighted by Crippen LogP contribution is 2.26. The molecule has 0 radical (unpaired) electrons. The smallest absolute Gasteiger partial charge is 0.177 e. The van der Waals surface area contributed by atoms with E-state index >= 15 is 0 Å². The zero-order chi connectivity index (χ0) is 30.6. The lowest BCUT2D eigenvalue weighted by Gasteiger charge is -2.07. The minimum Gasteiger partial charge on any atom is -0.315 e. The zero-order valence-electron chi connectivity index (χ0n) is 24.4. The summed E-state index contributed by atoms with van der Waals surface area (Å²) in [5, 5.41) is 38.4. The van der Waals surface area contributed by atoms with Gasteiger partial charge in [-0.2, -0.15) is 29.8 Å². The fraction of sp³-hybridized carbons (Fsp3) is 0.375. The summed E-state index contributed by atoms with van der Waals surface area (Å²) in [5.41, 5.74) is 3.89. The van der Waals surface area contributed by atoms with Gasteiger partial charge in [-0.1, -0.05) is 64.5 Å². The number of nitrogens with zero attached hydrogens (tertiary/aromatic N) is 10. The monoisotopic (exact) mass is 588 g/mol. The van der Waals surface area contributed by atoms with Crippen LogP contribution >= 0.6 is 11.7 Å². The maximum atomic E-state index is 9.69. The third-order valence-electron chi connectivity index (χ3n) is 7.19. The van der Waals surface area contributed by atoms with E-state index in [1.165, 1.54) is 0 Å². The number of fused-ring (bicyclic) bond motifs is 1. The van der Waals surface area contributed by atoms with Crippen molar-refractivity contribution >= 4 is 47.1 Å². The minimum absolute atomic E-state index is 0.126. The van der Waals surface area contributed by atoms with Gasteiger partial charge in [0, 0.05) is 24.2 Å². The second-order valence-corrected chi connectivity index (χ2v) is 10.6. The van der Waals surface area contributed by atoms with Crippen molar-refractivity contribution in [3.05, 3.63) is 57.7 Å². The molecule has 43 heavy (non-hydrogen) atoms. The van der Waals surface area contributed by atoms with E-state index in [9.17, 15) is 21.0 Å². The molecule has 1 aromatic carbocycles. The number of hydrogen-bond donors (Lipinski definition) is 0. The molecule has 3 aromatic heterocycles. The lowest BCUT2D eigenvalue weighted by Crippen LogP contribution is -2.04. The maximum Gasteiger partial charge on any atom is 0.177 e. The van der Waals surface area contributed by atoms with Crippen molar-refractivity contribution in [2.45, 2.75) is 78.3 Å². The molecule has 216 valence electrons. The van der Waals surface area contributed by atoms with Gasteiger partial charge in [-0.3, -0.25) is 0 Å². The Kier molecular flexibility index (Phi) is 10.9. The molecule has 4 rings (SSSR count). The highest BCUT2D eigenvalue weighted by atomic mass is 32.1. The summed E-state index contributed by atoms with van der Waals surface area (Å²) in [7, 11) is 0. The van der Waals surface area contributed by atoms with Crippen molar-refractivity contribution in [2.24, 2.45) is 0 Å². The van der Waals surface area contributed by atoms with Crippen LogP contribution in [0.3, 0.4) is 0 Å². The highest BCUT2D eigenvalue weighted by Gasteiger charge is 2.17. The third kappa shape index (κ3) is 7.04. The van der Waals surface area contributed by atoms with E-state index < -0.39 is 0 Å². The third-order valence-corrected chi connectivity index (χ3v) is 7.72. The Morgan fingerprint density at radius 3 is 1.44 bits per heavy atom. The molecule has 0 unspecified atom stereocenters. The molecular weight excluding hydrogens is 556 g/mol. The predicted molar refractivity (Wildman–Crippen MR) is 167 cm³/mol. The first-order valence-corrected chi connectivity index (χ1v) is 15.3. The average Bonchev–Trinajstić information content (AvgIpc) is 3.75. The van der Waals surface area contributed by atoms with Crippen LogP contribution < -0.4 is 0 Å². The quantitative estimate of drug-likeness (QED) is 0.141. The number of nitriles is 4. The summed E-state index contributed by atoms with van der Waals surface area (Å²) in [5.74, 6) is 1.11. The molecule has 0 amide bonds. The fourth-order valence-corrected chi connectivity index (χ4v) is 5.51. The van der Waals surface area contributed by atoms with Crippen molar-refractivity contribution < 1.29 is 0 Å². The second-order valence-electron chi connectivity index (χ2n) is 10.1. The van der Waals surface area contributed by atoms with Crippen LogP contribution in [0.25, 0.3) is 35.3 Å². The van der Waals surface area contributed by atoms with Crippen LogP contribution in [0.5, 0.6) is 0 Å². The van der Waals surface area contributed by atoms with E-state index in [1.54, 1.807) is 0 Å². The minimum atomic E-state index is 0.126. The van der Waals surface area contributed by atoms with E-state index in [-0.39, 0.29) is 22.8 Å². The molecule has 0 fully saturated rings. The van der Waals surface area contributed by atoms with Gasteiger partial charge in [0.2, 0.25) is 0 Å². The van der Waals surface area contributed by atoms with E-state index in [4.69, 9.17) is 0 Å². The molecule has 3 heterocycles. The van der Waals surface area contributed by atoms with Gasteiger partial charge in [0.1, 0.15) is 47.0 Å². The number of hydrogen-bond acceptors (Lipinski definition) is 9. The van der Waals surface area contributed by atoms with E-state index in [2.05, 4.69) is 44.7 Å². The highest BCUT2D eigenvalue weighted by molar-refractivity contribution is 7.00. The van der Waals surface area contributed by atoms with Gasteiger partial charge in [-0.25, -0.2) is 9.97 Å². The summed E-state index contributed by atoms with van der Waals surface area (Å²) in [6, 6.07) is 12.2. The number of unbranched alkanes of at least 4 members (excludes halogenated alkanes) is 6. The van der Waals surface area contributed by atoms with E-state index in [0.29, 0.717) is 35.8 Å². The van der Waals surface area contributed by atoms with Gasteiger partial charge < -0.3 is 9.13 Å². The Bertz CT molecular complexity index is 1680. The molecule has 4 aromatic rings. The normalized spacial score (nSPS) is 11.2. The molecule has 0 aliphatic heterocycles. The maximum absolute atomic E-state index is 9.69. The molecule has 0 spiro atoms. The molecule has 10 nitrogen and oxygen atoms in total. The van der Waals surface area contributed by atoms with Crippen molar-refractivity contribution in [1.29, 1.82) is 21.0 Å². The van der Waals surface area contributed by atoms with Gasteiger partial charge in [0.25, 0.3) is 0 Å². The Morgan fingerprint density at radius 1 is 0.628 bits per heavy atom. The van der Waals surface area contributed by atoms with Crippen molar-refractivity contribution in [1.82, 2.24) is 27.8 Å². The number of benzene rings is 1. The van der Waals surface area contributed by atoms with Gasteiger partial charge in [-0.05, 0) is 37.1 Å². The second kappa shape index (κ2) is 15.2. The summed E-state index contributed by atoms with van der Waals surface area (Å²) < 4.78 is 12.7. The summed E-state index contributed by atoms with van der Waals surface area (Å²) in [6.45, 7) is 5.52. The van der Waals surface area contributed by atoms with E-state index in [1.807, 2.05) is 57.7 Å². The van der Waals surface area contributed by atoms with E-state index in [0.717, 1.165) is 74.2 Å². The molecule has 0 aliphatic rings. The summed E-state index contributed by atoms with van der Waals surface area (Å²) >= 11 is 1.11. The van der Waals surface area contributed by atoms with Crippen LogP contribution in [0.2, 0.25) is 0 Å².